The highest BCUT2D eigenvalue weighted by molar-refractivity contribution is 5.87. The van der Waals surface area contributed by atoms with Gasteiger partial charge in [-0.15, -0.1) is 0 Å². The molecule has 1 aliphatic rings. The standard InChI is InChI=1S/C26H35N3O6/c1-26(2,3)35-25(31)29-16-14-18(15-17-29)20-12-13-21(27-22(20)23(32-5)33-6)28(4)24(30)34-19-10-8-7-9-11-19/h7-13,18,23H,14-17H2,1-6H3. The van der Waals surface area contributed by atoms with Gasteiger partial charge in [0.1, 0.15) is 22.9 Å². The Morgan fingerprint density at radius 2 is 1.66 bits per heavy atom. The van der Waals surface area contributed by atoms with E-state index in [1.165, 1.54) is 4.90 Å². The fourth-order valence-corrected chi connectivity index (χ4v) is 3.97. The largest absolute Gasteiger partial charge is 0.444 e. The van der Waals surface area contributed by atoms with Crippen LogP contribution in [0.5, 0.6) is 5.75 Å². The monoisotopic (exact) mass is 485 g/mol. The summed E-state index contributed by atoms with van der Waals surface area (Å²) in [7, 11) is 4.70. The fourth-order valence-electron chi connectivity index (χ4n) is 3.97. The van der Waals surface area contributed by atoms with Crippen molar-refractivity contribution in [1.82, 2.24) is 9.88 Å². The number of benzene rings is 1. The number of hydrogen-bond acceptors (Lipinski definition) is 7. The molecule has 1 aromatic carbocycles. The molecule has 35 heavy (non-hydrogen) atoms. The van der Waals surface area contributed by atoms with E-state index in [9.17, 15) is 9.59 Å². The number of rotatable bonds is 6. The number of nitrogens with zero attached hydrogens (tertiary/aromatic N) is 3. The van der Waals surface area contributed by atoms with Crippen LogP contribution >= 0.6 is 0 Å². The first-order valence-electron chi connectivity index (χ1n) is 11.7. The first-order chi connectivity index (χ1) is 16.6. The molecule has 9 heteroatoms. The van der Waals surface area contributed by atoms with Gasteiger partial charge in [0.25, 0.3) is 0 Å². The average Bonchev–Trinajstić information content (AvgIpc) is 2.84. The van der Waals surface area contributed by atoms with Crippen molar-refractivity contribution in [2.24, 2.45) is 0 Å². The number of piperidine rings is 1. The lowest BCUT2D eigenvalue weighted by Crippen LogP contribution is -2.41. The molecular formula is C26H35N3O6. The van der Waals surface area contributed by atoms with Gasteiger partial charge < -0.3 is 23.8 Å². The summed E-state index contributed by atoms with van der Waals surface area (Å²) in [5.74, 6) is 1.01. The minimum absolute atomic E-state index is 0.152. The van der Waals surface area contributed by atoms with Crippen LogP contribution in [0.1, 0.15) is 57.1 Å². The molecule has 1 aliphatic heterocycles. The third kappa shape index (κ3) is 6.93. The van der Waals surface area contributed by atoms with Crippen molar-refractivity contribution in [3.8, 4) is 5.75 Å². The summed E-state index contributed by atoms with van der Waals surface area (Å²) in [5.41, 5.74) is 1.04. The number of likely N-dealkylation sites (tertiary alicyclic amines) is 1. The molecule has 2 aromatic rings. The van der Waals surface area contributed by atoms with Crippen molar-refractivity contribution in [3.63, 3.8) is 0 Å². The number of methoxy groups -OCH3 is 2. The van der Waals surface area contributed by atoms with Crippen LogP contribution in [-0.4, -0.2) is 62.0 Å². The Kier molecular flexibility index (Phi) is 8.69. The van der Waals surface area contributed by atoms with Crippen molar-refractivity contribution >= 4 is 18.0 Å². The van der Waals surface area contributed by atoms with Gasteiger partial charge in [-0.1, -0.05) is 24.3 Å². The predicted molar refractivity (Wildman–Crippen MR) is 132 cm³/mol. The zero-order valence-electron chi connectivity index (χ0n) is 21.3. The van der Waals surface area contributed by atoms with Crippen LogP contribution in [0.3, 0.4) is 0 Å². The van der Waals surface area contributed by atoms with E-state index in [0.717, 1.165) is 18.4 Å². The van der Waals surface area contributed by atoms with Gasteiger partial charge >= 0.3 is 12.2 Å². The van der Waals surface area contributed by atoms with Gasteiger partial charge in [-0.2, -0.15) is 0 Å². The number of para-hydroxylation sites is 1. The topological polar surface area (TPSA) is 90.4 Å². The molecule has 0 aliphatic carbocycles. The van der Waals surface area contributed by atoms with E-state index in [2.05, 4.69) is 0 Å². The van der Waals surface area contributed by atoms with E-state index < -0.39 is 18.0 Å². The second kappa shape index (κ2) is 11.5. The Bertz CT molecular complexity index is 996. The molecule has 2 heterocycles. The van der Waals surface area contributed by atoms with E-state index in [1.807, 2.05) is 32.9 Å². The summed E-state index contributed by atoms with van der Waals surface area (Å²) in [6.45, 7) is 6.74. The maximum Gasteiger partial charge on any atom is 0.420 e. The summed E-state index contributed by atoms with van der Waals surface area (Å²) in [6.07, 6.45) is -0.0554. The van der Waals surface area contributed by atoms with Gasteiger partial charge in [0.2, 0.25) is 6.29 Å². The molecule has 1 saturated heterocycles. The zero-order chi connectivity index (χ0) is 25.6. The summed E-state index contributed by atoms with van der Waals surface area (Å²) in [5, 5.41) is 0. The van der Waals surface area contributed by atoms with Crippen LogP contribution < -0.4 is 9.64 Å². The molecule has 1 aromatic heterocycles. The molecule has 0 atom stereocenters. The number of carbonyl (C=O) groups excluding carboxylic acids is 2. The van der Waals surface area contributed by atoms with Gasteiger partial charge in [-0.3, -0.25) is 4.90 Å². The summed E-state index contributed by atoms with van der Waals surface area (Å²) in [4.78, 5) is 32.9. The van der Waals surface area contributed by atoms with Gasteiger partial charge in [0.05, 0.1) is 0 Å². The molecule has 9 nitrogen and oxygen atoms in total. The molecule has 0 unspecified atom stereocenters. The minimum Gasteiger partial charge on any atom is -0.444 e. The van der Waals surface area contributed by atoms with Crippen molar-refractivity contribution in [2.75, 3.05) is 39.3 Å². The lowest BCUT2D eigenvalue weighted by molar-refractivity contribution is -0.109. The third-order valence-corrected chi connectivity index (χ3v) is 5.75. The number of hydrogen-bond donors (Lipinski definition) is 0. The lowest BCUT2D eigenvalue weighted by Gasteiger charge is -2.34. The molecule has 0 radical (unpaired) electrons. The highest BCUT2D eigenvalue weighted by Crippen LogP contribution is 2.35. The maximum absolute atomic E-state index is 12.7. The Morgan fingerprint density at radius 1 is 1.03 bits per heavy atom. The molecule has 0 spiro atoms. The molecule has 3 rings (SSSR count). The van der Waals surface area contributed by atoms with Crippen LogP contribution in [0.25, 0.3) is 0 Å². The number of ether oxygens (including phenoxy) is 4. The summed E-state index contributed by atoms with van der Waals surface area (Å²) < 4.78 is 22.0. The quantitative estimate of drug-likeness (QED) is 0.524. The maximum atomic E-state index is 12.7. The second-order valence-corrected chi connectivity index (χ2v) is 9.43. The average molecular weight is 486 g/mol. The second-order valence-electron chi connectivity index (χ2n) is 9.43. The fraction of sp³-hybridized carbons (Fsp3) is 0.500. The lowest BCUT2D eigenvalue weighted by atomic mass is 9.88. The Morgan fingerprint density at radius 3 is 2.23 bits per heavy atom. The van der Waals surface area contributed by atoms with Gasteiger partial charge in [-0.25, -0.2) is 14.6 Å². The zero-order valence-corrected chi connectivity index (χ0v) is 21.3. The van der Waals surface area contributed by atoms with Crippen LogP contribution in [0.2, 0.25) is 0 Å². The van der Waals surface area contributed by atoms with Crippen molar-refractivity contribution in [3.05, 3.63) is 53.7 Å². The number of pyridine rings is 1. The molecule has 190 valence electrons. The van der Waals surface area contributed by atoms with E-state index >= 15 is 0 Å². The molecular weight excluding hydrogens is 450 g/mol. The molecule has 2 amide bonds. The van der Waals surface area contributed by atoms with Crippen LogP contribution in [0.15, 0.2) is 42.5 Å². The summed E-state index contributed by atoms with van der Waals surface area (Å²) in [6, 6.07) is 12.6. The highest BCUT2D eigenvalue weighted by Gasteiger charge is 2.31. The van der Waals surface area contributed by atoms with E-state index in [0.29, 0.717) is 30.4 Å². The third-order valence-electron chi connectivity index (χ3n) is 5.75. The molecule has 0 bridgehead atoms. The first kappa shape index (κ1) is 26.4. The predicted octanol–water partition coefficient (Wildman–Crippen LogP) is 5.12. The minimum atomic E-state index is -0.702. The van der Waals surface area contributed by atoms with Crippen molar-refractivity contribution in [1.29, 1.82) is 0 Å². The normalized spacial score (nSPS) is 14.7. The number of aromatic nitrogens is 1. The number of amides is 2. The number of carbonyl (C=O) groups is 2. The van der Waals surface area contributed by atoms with Gasteiger partial charge in [0.15, 0.2) is 0 Å². The number of anilines is 1. The van der Waals surface area contributed by atoms with Crippen LogP contribution in [0, 0.1) is 0 Å². The van der Waals surface area contributed by atoms with Crippen molar-refractivity contribution < 1.29 is 28.5 Å². The Balaban J connectivity index is 1.77. The molecule has 1 fully saturated rings. The van der Waals surface area contributed by atoms with E-state index in [-0.39, 0.29) is 12.0 Å². The van der Waals surface area contributed by atoms with Crippen LogP contribution in [0.4, 0.5) is 15.4 Å². The van der Waals surface area contributed by atoms with Gasteiger partial charge in [-0.05, 0) is 63.3 Å². The smallest absolute Gasteiger partial charge is 0.420 e. The molecule has 0 N–H and O–H groups in total. The van der Waals surface area contributed by atoms with E-state index in [1.54, 1.807) is 56.5 Å². The summed E-state index contributed by atoms with van der Waals surface area (Å²) >= 11 is 0. The highest BCUT2D eigenvalue weighted by atomic mass is 16.7. The Hall–Kier alpha value is -3.17. The van der Waals surface area contributed by atoms with Crippen LogP contribution in [-0.2, 0) is 14.2 Å². The van der Waals surface area contributed by atoms with E-state index in [4.69, 9.17) is 23.9 Å². The Labute approximate surface area is 206 Å². The van der Waals surface area contributed by atoms with Crippen molar-refractivity contribution in [2.45, 2.75) is 51.4 Å². The first-order valence-corrected chi connectivity index (χ1v) is 11.7. The van der Waals surface area contributed by atoms with Gasteiger partial charge in [0, 0.05) is 34.4 Å². The molecule has 0 saturated carbocycles. The SMILES string of the molecule is COC(OC)c1nc(N(C)C(=O)Oc2ccccc2)ccc1C1CCN(C(=O)OC(C)(C)C)CC1.